The fourth-order valence-electron chi connectivity index (χ4n) is 0.443. The minimum atomic E-state index is 0.288. The lowest BCUT2D eigenvalue weighted by atomic mass is 10.2. The van der Waals surface area contributed by atoms with Gasteiger partial charge in [-0.15, -0.1) is 0 Å². The number of aldehydes is 1. The zero-order valence-corrected chi connectivity index (χ0v) is 6.27. The van der Waals surface area contributed by atoms with E-state index in [1.54, 1.807) is 13.1 Å². The van der Waals surface area contributed by atoms with Crippen molar-refractivity contribution in [1.29, 1.82) is 5.41 Å². The minimum Gasteiger partial charge on any atom is -0.391 e. The number of allylic oxidation sites excluding steroid dienone is 1. The van der Waals surface area contributed by atoms with Crippen LogP contribution in [-0.4, -0.2) is 18.5 Å². The van der Waals surface area contributed by atoms with Crippen LogP contribution in [0.1, 0.15) is 13.8 Å². The maximum absolute atomic E-state index is 10.2. The summed E-state index contributed by atoms with van der Waals surface area (Å²) in [5.41, 5.74) is 0.692. The standard InChI is InChI=1S/C7H12N2O/c1-3-9-4-7(5-10)6(2)8/h4-5,8-9H,3H2,1-2H3/b7-4-,8-6?. The van der Waals surface area contributed by atoms with Gasteiger partial charge < -0.3 is 10.7 Å². The lowest BCUT2D eigenvalue weighted by molar-refractivity contribution is -0.104. The van der Waals surface area contributed by atoms with Crippen LogP contribution in [0.15, 0.2) is 11.8 Å². The number of rotatable bonds is 4. The average molecular weight is 140 g/mol. The minimum absolute atomic E-state index is 0.288. The fraction of sp³-hybridized carbons (Fsp3) is 0.429. The van der Waals surface area contributed by atoms with E-state index in [0.29, 0.717) is 11.9 Å². The molecule has 0 spiro atoms. The number of hydrogen-bond donors (Lipinski definition) is 2. The van der Waals surface area contributed by atoms with Crippen molar-refractivity contribution in [3.8, 4) is 0 Å². The molecule has 0 unspecified atom stereocenters. The molecule has 0 heterocycles. The van der Waals surface area contributed by atoms with Crippen molar-refractivity contribution >= 4 is 12.0 Å². The van der Waals surface area contributed by atoms with Crippen LogP contribution in [0.2, 0.25) is 0 Å². The Hall–Kier alpha value is -1.12. The molecule has 10 heavy (non-hydrogen) atoms. The molecule has 0 fully saturated rings. The second-order valence-electron chi connectivity index (χ2n) is 1.90. The third-order valence-electron chi connectivity index (χ3n) is 1.02. The molecule has 0 saturated heterocycles. The van der Waals surface area contributed by atoms with E-state index in [1.807, 2.05) is 6.92 Å². The van der Waals surface area contributed by atoms with Crippen molar-refractivity contribution in [2.45, 2.75) is 13.8 Å². The van der Waals surface area contributed by atoms with Crippen molar-refractivity contribution in [3.63, 3.8) is 0 Å². The highest BCUT2D eigenvalue weighted by atomic mass is 16.1. The van der Waals surface area contributed by atoms with E-state index in [2.05, 4.69) is 5.32 Å². The van der Waals surface area contributed by atoms with Crippen molar-refractivity contribution in [1.82, 2.24) is 5.32 Å². The molecule has 0 saturated carbocycles. The smallest absolute Gasteiger partial charge is 0.153 e. The van der Waals surface area contributed by atoms with Crippen LogP contribution in [0.3, 0.4) is 0 Å². The summed E-state index contributed by atoms with van der Waals surface area (Å²) >= 11 is 0. The molecule has 56 valence electrons. The predicted molar refractivity (Wildman–Crippen MR) is 41.2 cm³/mol. The van der Waals surface area contributed by atoms with E-state index in [-0.39, 0.29) is 5.71 Å². The summed E-state index contributed by atoms with van der Waals surface area (Å²) in [6, 6.07) is 0. The van der Waals surface area contributed by atoms with Crippen molar-refractivity contribution in [3.05, 3.63) is 11.8 Å². The third-order valence-corrected chi connectivity index (χ3v) is 1.02. The summed E-state index contributed by atoms with van der Waals surface area (Å²) in [5.74, 6) is 0. The van der Waals surface area contributed by atoms with Gasteiger partial charge in [0.25, 0.3) is 0 Å². The SMILES string of the molecule is CCN/C=C(/C=O)C(C)=N. The molecule has 0 aliphatic heterocycles. The highest BCUT2D eigenvalue weighted by Gasteiger charge is 1.94. The molecule has 0 aromatic carbocycles. The van der Waals surface area contributed by atoms with Gasteiger partial charge in [-0.25, -0.2) is 0 Å². The fourth-order valence-corrected chi connectivity index (χ4v) is 0.443. The maximum Gasteiger partial charge on any atom is 0.153 e. The van der Waals surface area contributed by atoms with Gasteiger partial charge >= 0.3 is 0 Å². The van der Waals surface area contributed by atoms with E-state index in [9.17, 15) is 4.79 Å². The molecule has 0 aliphatic rings. The molecule has 3 nitrogen and oxygen atoms in total. The van der Waals surface area contributed by atoms with Gasteiger partial charge in [0.1, 0.15) is 0 Å². The highest BCUT2D eigenvalue weighted by molar-refractivity contribution is 6.11. The first-order valence-corrected chi connectivity index (χ1v) is 3.16. The number of nitrogens with one attached hydrogen (secondary N) is 2. The largest absolute Gasteiger partial charge is 0.391 e. The van der Waals surface area contributed by atoms with E-state index in [0.717, 1.165) is 6.54 Å². The molecule has 0 amide bonds. The molecule has 0 atom stereocenters. The van der Waals surface area contributed by atoms with E-state index >= 15 is 0 Å². The number of hydrogen-bond acceptors (Lipinski definition) is 3. The van der Waals surface area contributed by atoms with Gasteiger partial charge in [-0.05, 0) is 13.8 Å². The summed E-state index contributed by atoms with van der Waals surface area (Å²) in [5, 5.41) is 9.94. The van der Waals surface area contributed by atoms with Crippen LogP contribution in [0.5, 0.6) is 0 Å². The quantitative estimate of drug-likeness (QED) is 0.343. The summed E-state index contributed by atoms with van der Waals surface area (Å²) in [7, 11) is 0. The molecule has 0 aromatic rings. The van der Waals surface area contributed by atoms with Crippen LogP contribution >= 0.6 is 0 Å². The Bertz CT molecular complexity index is 161. The lowest BCUT2D eigenvalue weighted by Gasteiger charge is -1.96. The van der Waals surface area contributed by atoms with Gasteiger partial charge in [0, 0.05) is 18.5 Å². The molecule has 2 N–H and O–H groups in total. The molecule has 0 bridgehead atoms. The molecule has 0 aromatic heterocycles. The van der Waals surface area contributed by atoms with Gasteiger partial charge in [0.2, 0.25) is 0 Å². The predicted octanol–water partition coefficient (Wildman–Crippen LogP) is 0.718. The van der Waals surface area contributed by atoms with Gasteiger partial charge in [0.15, 0.2) is 6.29 Å². The molecule has 0 radical (unpaired) electrons. The van der Waals surface area contributed by atoms with Crippen LogP contribution < -0.4 is 5.32 Å². The highest BCUT2D eigenvalue weighted by Crippen LogP contribution is 1.88. The van der Waals surface area contributed by atoms with Crippen LogP contribution in [-0.2, 0) is 4.79 Å². The van der Waals surface area contributed by atoms with E-state index in [1.165, 1.54) is 0 Å². The monoisotopic (exact) mass is 140 g/mol. The zero-order valence-electron chi connectivity index (χ0n) is 6.27. The molecule has 0 aliphatic carbocycles. The van der Waals surface area contributed by atoms with Crippen molar-refractivity contribution < 1.29 is 4.79 Å². The average Bonchev–Trinajstić information content (AvgIpc) is 1.89. The van der Waals surface area contributed by atoms with Crippen LogP contribution in [0, 0.1) is 5.41 Å². The zero-order chi connectivity index (χ0) is 7.98. The lowest BCUT2D eigenvalue weighted by Crippen LogP contribution is -2.08. The van der Waals surface area contributed by atoms with Gasteiger partial charge in [-0.3, -0.25) is 4.79 Å². The van der Waals surface area contributed by atoms with E-state index < -0.39 is 0 Å². The summed E-state index contributed by atoms with van der Waals surface area (Å²) < 4.78 is 0. The maximum atomic E-state index is 10.2. The van der Waals surface area contributed by atoms with Crippen LogP contribution in [0.4, 0.5) is 0 Å². The van der Waals surface area contributed by atoms with Gasteiger partial charge in [-0.1, -0.05) is 0 Å². The molecule has 3 heteroatoms. The Kier molecular flexibility index (Phi) is 4.20. The van der Waals surface area contributed by atoms with Gasteiger partial charge in [-0.2, -0.15) is 0 Å². The first-order valence-electron chi connectivity index (χ1n) is 3.16. The summed E-state index contributed by atoms with van der Waals surface area (Å²) in [4.78, 5) is 10.2. The first-order chi connectivity index (χ1) is 4.72. The Labute approximate surface area is 60.6 Å². The number of carbonyl (C=O) groups is 1. The molecular weight excluding hydrogens is 128 g/mol. The third kappa shape index (κ3) is 3.02. The van der Waals surface area contributed by atoms with Crippen LogP contribution in [0.25, 0.3) is 0 Å². The van der Waals surface area contributed by atoms with Gasteiger partial charge in [0.05, 0.1) is 5.57 Å². The Morgan fingerprint density at radius 3 is 2.60 bits per heavy atom. The topological polar surface area (TPSA) is 53.0 Å². The first kappa shape index (κ1) is 8.88. The summed E-state index contributed by atoms with van der Waals surface area (Å²) in [6.07, 6.45) is 2.22. The number of carbonyl (C=O) groups excluding carboxylic acids is 1. The Morgan fingerprint density at radius 1 is 1.70 bits per heavy atom. The summed E-state index contributed by atoms with van der Waals surface area (Å²) in [6.45, 7) is 4.28. The normalized spacial score (nSPS) is 10.8. The molecule has 0 rings (SSSR count). The molecular formula is C7H12N2O. The van der Waals surface area contributed by atoms with E-state index in [4.69, 9.17) is 5.41 Å². The van der Waals surface area contributed by atoms with Crippen molar-refractivity contribution in [2.24, 2.45) is 0 Å². The Balaban J connectivity index is 4.04. The van der Waals surface area contributed by atoms with Crippen molar-refractivity contribution in [2.75, 3.05) is 6.54 Å². The Morgan fingerprint density at radius 2 is 2.30 bits per heavy atom. The second-order valence-corrected chi connectivity index (χ2v) is 1.90. The second kappa shape index (κ2) is 4.73.